The van der Waals surface area contributed by atoms with Gasteiger partial charge in [0.05, 0.1) is 0 Å². The minimum atomic E-state index is -4.87. The molecule has 0 rings (SSSR count). The zero-order valence-electron chi connectivity index (χ0n) is 7.66. The molecule has 0 radical (unpaired) electrons. The summed E-state index contributed by atoms with van der Waals surface area (Å²) < 4.78 is 80.8. The van der Waals surface area contributed by atoms with Gasteiger partial charge in [0.25, 0.3) is 10.1 Å². The van der Waals surface area contributed by atoms with E-state index in [-0.39, 0.29) is 0 Å². The second kappa shape index (κ2) is 5.08. The summed E-state index contributed by atoms with van der Waals surface area (Å²) in [6.07, 6.45) is -10.2. The summed E-state index contributed by atoms with van der Waals surface area (Å²) in [6.45, 7) is 0.884. The Balaban J connectivity index is 4.40. The lowest BCUT2D eigenvalue weighted by Gasteiger charge is -2.20. The Hall–Kier alpha value is -0.410. The van der Waals surface area contributed by atoms with Crippen LogP contribution in [-0.4, -0.2) is 37.4 Å². The Kier molecular flexibility index (Phi) is 4.94. The molecule has 0 bridgehead atoms. The molecular weight excluding hydrogens is 244 g/mol. The van der Waals surface area contributed by atoms with Crippen molar-refractivity contribution in [2.24, 2.45) is 0 Å². The van der Waals surface area contributed by atoms with Gasteiger partial charge in [-0.3, -0.25) is 4.55 Å². The van der Waals surface area contributed by atoms with Crippen LogP contribution in [0.3, 0.4) is 0 Å². The van der Waals surface area contributed by atoms with Crippen LogP contribution >= 0.6 is 0 Å². The van der Waals surface area contributed by atoms with Crippen molar-refractivity contribution in [1.82, 2.24) is 0 Å². The van der Waals surface area contributed by atoms with Crippen LogP contribution in [0.15, 0.2) is 0 Å². The fourth-order valence-electron chi connectivity index (χ4n) is 0.759. The summed E-state index contributed by atoms with van der Waals surface area (Å²) in [5, 5.41) is 0. The van der Waals surface area contributed by atoms with Gasteiger partial charge in [0.2, 0.25) is 0 Å². The minimum absolute atomic E-state index is 0.884. The highest BCUT2D eigenvalue weighted by Gasteiger charge is 2.42. The van der Waals surface area contributed by atoms with Crippen molar-refractivity contribution >= 4 is 10.1 Å². The van der Waals surface area contributed by atoms with Gasteiger partial charge in [0, 0.05) is 6.42 Å². The molecule has 0 saturated heterocycles. The van der Waals surface area contributed by atoms with E-state index >= 15 is 0 Å². The third-order valence-electron chi connectivity index (χ3n) is 1.32. The van der Waals surface area contributed by atoms with Crippen LogP contribution in [0.5, 0.6) is 0 Å². The number of rotatable bonds is 5. The summed E-state index contributed by atoms with van der Waals surface area (Å²) in [7, 11) is -4.66. The fourth-order valence-corrected chi connectivity index (χ4v) is 1.10. The average molecular weight is 254 g/mol. The standard InChI is InChI=1S/C6H10F4O4S/c1-4(7)2-5(6(8,9)10)14-3-15(11,12)13/h4-5H,2-3H2,1H3,(H,11,12,13). The highest BCUT2D eigenvalue weighted by atomic mass is 32.2. The van der Waals surface area contributed by atoms with Crippen LogP contribution in [0.25, 0.3) is 0 Å². The lowest BCUT2D eigenvalue weighted by molar-refractivity contribution is -0.220. The van der Waals surface area contributed by atoms with Gasteiger partial charge in [-0.05, 0) is 6.92 Å². The molecule has 2 unspecified atom stereocenters. The van der Waals surface area contributed by atoms with Crippen molar-refractivity contribution in [3.8, 4) is 0 Å². The predicted octanol–water partition coefficient (Wildman–Crippen LogP) is 1.53. The highest BCUT2D eigenvalue weighted by Crippen LogP contribution is 2.27. The van der Waals surface area contributed by atoms with Gasteiger partial charge in [-0.2, -0.15) is 21.6 Å². The molecule has 0 aromatic heterocycles. The van der Waals surface area contributed by atoms with Crippen molar-refractivity contribution in [3.63, 3.8) is 0 Å². The summed E-state index contributed by atoms with van der Waals surface area (Å²) in [5.41, 5.74) is 0. The van der Waals surface area contributed by atoms with E-state index in [0.29, 0.717) is 0 Å². The molecule has 4 nitrogen and oxygen atoms in total. The number of hydrogen-bond donors (Lipinski definition) is 1. The molecule has 0 heterocycles. The van der Waals surface area contributed by atoms with Gasteiger partial charge in [-0.25, -0.2) is 4.39 Å². The Morgan fingerprint density at radius 2 is 1.87 bits per heavy atom. The maximum Gasteiger partial charge on any atom is 0.414 e. The molecule has 0 aliphatic heterocycles. The van der Waals surface area contributed by atoms with E-state index in [9.17, 15) is 26.0 Å². The van der Waals surface area contributed by atoms with Crippen molar-refractivity contribution < 1.29 is 35.3 Å². The molecule has 9 heteroatoms. The second-order valence-electron chi connectivity index (χ2n) is 2.91. The fraction of sp³-hybridized carbons (Fsp3) is 1.00. The molecule has 0 spiro atoms. The molecule has 0 saturated carbocycles. The smallest absolute Gasteiger partial charge is 0.350 e. The molecule has 0 aliphatic rings. The normalized spacial score (nSPS) is 17.5. The third kappa shape index (κ3) is 7.51. The van der Waals surface area contributed by atoms with E-state index in [1.54, 1.807) is 0 Å². The molecule has 1 N–H and O–H groups in total. The monoisotopic (exact) mass is 254 g/mol. The highest BCUT2D eigenvalue weighted by molar-refractivity contribution is 7.85. The molecule has 0 amide bonds. The van der Waals surface area contributed by atoms with E-state index in [1.165, 1.54) is 0 Å². The van der Waals surface area contributed by atoms with Gasteiger partial charge < -0.3 is 4.74 Å². The Morgan fingerprint density at radius 1 is 1.40 bits per heavy atom. The zero-order valence-corrected chi connectivity index (χ0v) is 8.48. The molecule has 2 atom stereocenters. The number of ether oxygens (including phenoxy) is 1. The Labute approximate surface area is 84.0 Å². The topological polar surface area (TPSA) is 63.6 Å². The number of halogens is 4. The third-order valence-corrected chi connectivity index (χ3v) is 1.76. The van der Waals surface area contributed by atoms with Crippen LogP contribution in [0.1, 0.15) is 13.3 Å². The summed E-state index contributed by atoms with van der Waals surface area (Å²) in [6, 6.07) is 0. The van der Waals surface area contributed by atoms with Gasteiger partial charge in [-0.1, -0.05) is 0 Å². The number of alkyl halides is 4. The first-order valence-electron chi connectivity index (χ1n) is 3.80. The van der Waals surface area contributed by atoms with Crippen LogP contribution in [0.2, 0.25) is 0 Å². The van der Waals surface area contributed by atoms with E-state index in [1.807, 2.05) is 0 Å². The summed E-state index contributed by atoms with van der Waals surface area (Å²) in [4.78, 5) is 0. The van der Waals surface area contributed by atoms with Crippen molar-refractivity contribution in [1.29, 1.82) is 0 Å². The molecular formula is C6H10F4O4S. The molecule has 0 aromatic rings. The maximum absolute atomic E-state index is 12.3. The predicted molar refractivity (Wildman–Crippen MR) is 42.5 cm³/mol. The van der Waals surface area contributed by atoms with E-state index in [0.717, 1.165) is 6.92 Å². The van der Waals surface area contributed by atoms with Gasteiger partial charge in [-0.15, -0.1) is 0 Å². The largest absolute Gasteiger partial charge is 0.414 e. The van der Waals surface area contributed by atoms with Crippen LogP contribution in [0, 0.1) is 0 Å². The van der Waals surface area contributed by atoms with Gasteiger partial charge in [0.15, 0.2) is 12.0 Å². The van der Waals surface area contributed by atoms with E-state index in [2.05, 4.69) is 4.74 Å². The van der Waals surface area contributed by atoms with Gasteiger partial charge >= 0.3 is 6.18 Å². The molecule has 92 valence electrons. The van der Waals surface area contributed by atoms with Crippen molar-refractivity contribution in [3.05, 3.63) is 0 Å². The average Bonchev–Trinajstić information content (AvgIpc) is 1.93. The number of hydrogen-bond acceptors (Lipinski definition) is 3. The second-order valence-corrected chi connectivity index (χ2v) is 4.31. The first-order valence-corrected chi connectivity index (χ1v) is 5.41. The Bertz CT molecular complexity index is 284. The van der Waals surface area contributed by atoms with Crippen molar-refractivity contribution in [2.45, 2.75) is 31.8 Å². The first-order chi connectivity index (χ1) is 6.52. The Morgan fingerprint density at radius 3 is 2.13 bits per heavy atom. The van der Waals surface area contributed by atoms with E-state index in [4.69, 9.17) is 4.55 Å². The molecule has 0 fully saturated rings. The SMILES string of the molecule is CC(F)CC(OCS(=O)(=O)O)C(F)(F)F. The molecule has 15 heavy (non-hydrogen) atoms. The van der Waals surface area contributed by atoms with Crippen LogP contribution < -0.4 is 0 Å². The zero-order chi connectivity index (χ0) is 12.3. The summed E-state index contributed by atoms with van der Waals surface area (Å²) in [5.74, 6) is -1.51. The first kappa shape index (κ1) is 14.6. The van der Waals surface area contributed by atoms with Crippen LogP contribution in [-0.2, 0) is 14.9 Å². The quantitative estimate of drug-likeness (QED) is 0.597. The molecule has 0 aromatic carbocycles. The minimum Gasteiger partial charge on any atom is -0.350 e. The van der Waals surface area contributed by atoms with Gasteiger partial charge in [0.1, 0.15) is 6.17 Å². The van der Waals surface area contributed by atoms with E-state index < -0.39 is 40.9 Å². The van der Waals surface area contributed by atoms with Crippen molar-refractivity contribution in [2.75, 3.05) is 5.94 Å². The lowest BCUT2D eigenvalue weighted by atomic mass is 10.2. The lowest BCUT2D eigenvalue weighted by Crippen LogP contribution is -2.35. The maximum atomic E-state index is 12.3. The summed E-state index contributed by atoms with van der Waals surface area (Å²) >= 11 is 0. The van der Waals surface area contributed by atoms with Crippen LogP contribution in [0.4, 0.5) is 17.6 Å². The molecule has 0 aliphatic carbocycles.